The maximum absolute atomic E-state index is 12.7. The fourth-order valence-corrected chi connectivity index (χ4v) is 4.20. The topological polar surface area (TPSA) is 49.4 Å². The molecule has 0 bridgehead atoms. The lowest BCUT2D eigenvalue weighted by atomic mass is 10.2. The zero-order valence-corrected chi connectivity index (χ0v) is 13.1. The summed E-state index contributed by atoms with van der Waals surface area (Å²) in [5.41, 5.74) is 1.01. The van der Waals surface area contributed by atoms with Crippen LogP contribution in [0.15, 0.2) is 29.2 Å². The van der Waals surface area contributed by atoms with Gasteiger partial charge in [-0.15, -0.1) is 0 Å². The van der Waals surface area contributed by atoms with Gasteiger partial charge in [-0.1, -0.05) is 31.9 Å². The Morgan fingerprint density at radius 2 is 2.00 bits per heavy atom. The minimum Gasteiger partial charge on any atom is -0.313 e. The van der Waals surface area contributed by atoms with E-state index in [4.69, 9.17) is 0 Å². The molecule has 0 aliphatic heterocycles. The Morgan fingerprint density at radius 1 is 1.30 bits per heavy atom. The zero-order valence-electron chi connectivity index (χ0n) is 12.3. The van der Waals surface area contributed by atoms with Crippen LogP contribution in [-0.4, -0.2) is 32.4 Å². The van der Waals surface area contributed by atoms with Gasteiger partial charge in [0, 0.05) is 19.6 Å². The second kappa shape index (κ2) is 6.70. The summed E-state index contributed by atoms with van der Waals surface area (Å²) in [5, 5.41) is 3.22. The Kier molecular flexibility index (Phi) is 5.18. The van der Waals surface area contributed by atoms with E-state index in [2.05, 4.69) is 5.32 Å². The number of nitrogens with zero attached hydrogens (tertiary/aromatic N) is 1. The van der Waals surface area contributed by atoms with Crippen molar-refractivity contribution in [2.24, 2.45) is 0 Å². The second-order valence-corrected chi connectivity index (χ2v) is 7.38. The van der Waals surface area contributed by atoms with Crippen LogP contribution in [0.4, 0.5) is 0 Å². The number of rotatable bonds is 6. The van der Waals surface area contributed by atoms with Crippen LogP contribution in [0.25, 0.3) is 0 Å². The monoisotopic (exact) mass is 296 g/mol. The summed E-state index contributed by atoms with van der Waals surface area (Å²) in [5.74, 6) is 0. The summed E-state index contributed by atoms with van der Waals surface area (Å²) in [7, 11) is -1.65. The van der Waals surface area contributed by atoms with E-state index in [1.54, 1.807) is 23.5 Å². The molecule has 1 aromatic carbocycles. The Balaban J connectivity index is 2.19. The summed E-state index contributed by atoms with van der Waals surface area (Å²) >= 11 is 0. The summed E-state index contributed by atoms with van der Waals surface area (Å²) in [6.45, 7) is 3.61. The molecule has 2 rings (SSSR count). The predicted octanol–water partition coefficient (Wildman–Crippen LogP) is 2.36. The first-order valence-corrected chi connectivity index (χ1v) is 8.77. The molecule has 0 amide bonds. The molecule has 5 heteroatoms. The van der Waals surface area contributed by atoms with Crippen molar-refractivity contribution in [2.45, 2.75) is 50.1 Å². The second-order valence-electron chi connectivity index (χ2n) is 5.39. The summed E-state index contributed by atoms with van der Waals surface area (Å²) in [6.07, 6.45) is 4.22. The summed E-state index contributed by atoms with van der Waals surface area (Å²) < 4.78 is 26.9. The van der Waals surface area contributed by atoms with Gasteiger partial charge in [0.15, 0.2) is 0 Å². The van der Waals surface area contributed by atoms with E-state index in [-0.39, 0.29) is 6.04 Å². The van der Waals surface area contributed by atoms with Crippen LogP contribution in [0.2, 0.25) is 0 Å². The van der Waals surface area contributed by atoms with Gasteiger partial charge in [0.1, 0.15) is 0 Å². The molecule has 1 saturated carbocycles. The molecule has 112 valence electrons. The lowest BCUT2D eigenvalue weighted by Crippen LogP contribution is -2.35. The van der Waals surface area contributed by atoms with Crippen molar-refractivity contribution in [3.05, 3.63) is 29.8 Å². The third kappa shape index (κ3) is 3.40. The van der Waals surface area contributed by atoms with Crippen molar-refractivity contribution in [1.29, 1.82) is 0 Å². The molecular formula is C15H24N2O2S. The molecule has 20 heavy (non-hydrogen) atoms. The standard InChI is InChI=1S/C15H24N2O2S/c1-3-16-12-13-7-6-10-15(11-13)20(18,19)17(2)14-8-4-5-9-14/h6-7,10-11,14,16H,3-5,8-9,12H2,1-2H3. The average molecular weight is 296 g/mol. The zero-order chi connectivity index (χ0) is 14.6. The molecule has 1 aromatic rings. The van der Waals surface area contributed by atoms with Gasteiger partial charge in [-0.05, 0) is 37.1 Å². The predicted molar refractivity (Wildman–Crippen MR) is 81.0 cm³/mol. The van der Waals surface area contributed by atoms with Gasteiger partial charge in [0.05, 0.1) is 4.90 Å². The van der Waals surface area contributed by atoms with Gasteiger partial charge in [-0.3, -0.25) is 0 Å². The lowest BCUT2D eigenvalue weighted by Gasteiger charge is -2.23. The fraction of sp³-hybridized carbons (Fsp3) is 0.600. The molecule has 0 saturated heterocycles. The van der Waals surface area contributed by atoms with Crippen LogP contribution in [0.5, 0.6) is 0 Å². The highest BCUT2D eigenvalue weighted by Crippen LogP contribution is 2.27. The van der Waals surface area contributed by atoms with Crippen molar-refractivity contribution >= 4 is 10.0 Å². The van der Waals surface area contributed by atoms with Crippen molar-refractivity contribution < 1.29 is 8.42 Å². The molecule has 0 aromatic heterocycles. The van der Waals surface area contributed by atoms with Crippen LogP contribution < -0.4 is 5.32 Å². The van der Waals surface area contributed by atoms with Crippen LogP contribution >= 0.6 is 0 Å². The van der Waals surface area contributed by atoms with Gasteiger partial charge >= 0.3 is 0 Å². The molecular weight excluding hydrogens is 272 g/mol. The van der Waals surface area contributed by atoms with E-state index in [9.17, 15) is 8.42 Å². The van der Waals surface area contributed by atoms with E-state index in [0.29, 0.717) is 11.4 Å². The van der Waals surface area contributed by atoms with Crippen molar-refractivity contribution in [3.63, 3.8) is 0 Å². The summed E-state index contributed by atoms with van der Waals surface area (Å²) in [4.78, 5) is 0.405. The quantitative estimate of drug-likeness (QED) is 0.876. The van der Waals surface area contributed by atoms with E-state index < -0.39 is 10.0 Å². The van der Waals surface area contributed by atoms with E-state index >= 15 is 0 Å². The average Bonchev–Trinajstić information content (AvgIpc) is 2.98. The number of nitrogens with one attached hydrogen (secondary N) is 1. The summed E-state index contributed by atoms with van der Waals surface area (Å²) in [6, 6.07) is 7.41. The lowest BCUT2D eigenvalue weighted by molar-refractivity contribution is 0.373. The number of hydrogen-bond acceptors (Lipinski definition) is 3. The number of benzene rings is 1. The van der Waals surface area contributed by atoms with Crippen LogP contribution in [0.3, 0.4) is 0 Å². The smallest absolute Gasteiger partial charge is 0.243 e. The van der Waals surface area contributed by atoms with E-state index in [1.807, 2.05) is 19.1 Å². The van der Waals surface area contributed by atoms with Gasteiger partial charge in [-0.25, -0.2) is 8.42 Å². The minimum absolute atomic E-state index is 0.164. The molecule has 1 fully saturated rings. The van der Waals surface area contributed by atoms with E-state index in [0.717, 1.165) is 37.8 Å². The Hall–Kier alpha value is -0.910. The van der Waals surface area contributed by atoms with Crippen molar-refractivity contribution in [1.82, 2.24) is 9.62 Å². The highest BCUT2D eigenvalue weighted by atomic mass is 32.2. The maximum atomic E-state index is 12.7. The Bertz CT molecular complexity index is 537. The first kappa shape index (κ1) is 15.5. The molecule has 1 aliphatic carbocycles. The molecule has 4 nitrogen and oxygen atoms in total. The minimum atomic E-state index is -3.36. The first-order valence-electron chi connectivity index (χ1n) is 7.33. The molecule has 0 atom stereocenters. The van der Waals surface area contributed by atoms with Gasteiger partial charge < -0.3 is 5.32 Å². The molecule has 0 spiro atoms. The van der Waals surface area contributed by atoms with Crippen LogP contribution in [0.1, 0.15) is 38.2 Å². The molecule has 0 radical (unpaired) electrons. The molecule has 0 unspecified atom stereocenters. The van der Waals surface area contributed by atoms with Crippen molar-refractivity contribution in [2.75, 3.05) is 13.6 Å². The highest BCUT2D eigenvalue weighted by Gasteiger charge is 2.29. The van der Waals surface area contributed by atoms with Gasteiger partial charge in [0.2, 0.25) is 10.0 Å². The van der Waals surface area contributed by atoms with Gasteiger partial charge in [-0.2, -0.15) is 4.31 Å². The number of hydrogen-bond donors (Lipinski definition) is 1. The fourth-order valence-electron chi connectivity index (χ4n) is 2.72. The maximum Gasteiger partial charge on any atom is 0.243 e. The third-order valence-electron chi connectivity index (χ3n) is 3.99. The number of sulfonamides is 1. The third-order valence-corrected chi connectivity index (χ3v) is 5.90. The normalized spacial score (nSPS) is 16.9. The highest BCUT2D eigenvalue weighted by molar-refractivity contribution is 7.89. The van der Waals surface area contributed by atoms with Gasteiger partial charge in [0.25, 0.3) is 0 Å². The largest absolute Gasteiger partial charge is 0.313 e. The van der Waals surface area contributed by atoms with Crippen LogP contribution in [-0.2, 0) is 16.6 Å². The Morgan fingerprint density at radius 3 is 2.65 bits per heavy atom. The first-order chi connectivity index (χ1) is 9.55. The SMILES string of the molecule is CCNCc1cccc(S(=O)(=O)N(C)C2CCCC2)c1. The van der Waals surface area contributed by atoms with E-state index in [1.165, 1.54) is 0 Å². The molecule has 1 N–H and O–H groups in total. The van der Waals surface area contributed by atoms with Crippen molar-refractivity contribution in [3.8, 4) is 0 Å². The van der Waals surface area contributed by atoms with Crippen LogP contribution in [0, 0.1) is 0 Å². The molecule has 0 heterocycles. The molecule has 1 aliphatic rings. The Labute approximate surface area is 122 Å².